The van der Waals surface area contributed by atoms with Crippen molar-refractivity contribution in [3.63, 3.8) is 0 Å². The van der Waals surface area contributed by atoms with Crippen LogP contribution in [0.4, 0.5) is 0 Å². The fourth-order valence-corrected chi connectivity index (χ4v) is 4.04. The lowest BCUT2D eigenvalue weighted by molar-refractivity contribution is 0.181. The molecule has 0 aliphatic heterocycles. The van der Waals surface area contributed by atoms with E-state index in [0.717, 1.165) is 48.8 Å². The maximum Gasteiger partial charge on any atom is 0.126 e. The Bertz CT molecular complexity index is 1100. The van der Waals surface area contributed by atoms with Gasteiger partial charge in [0.25, 0.3) is 0 Å². The van der Waals surface area contributed by atoms with Gasteiger partial charge in [-0.25, -0.2) is 15.0 Å². The molecule has 0 amide bonds. The lowest BCUT2D eigenvalue weighted by Gasteiger charge is -2.08. The molecule has 5 nitrogen and oxygen atoms in total. The quantitative estimate of drug-likeness (QED) is 0.593. The molecule has 6 heteroatoms. The molecule has 1 N–H and O–H groups in total. The highest BCUT2D eigenvalue weighted by molar-refractivity contribution is 7.21. The SMILES string of the molecule is COCc1nc2cccc(-c3nc4c(C)cc(O)cc4s3)c2nc1C. The minimum atomic E-state index is 0.262. The molecule has 126 valence electrons. The zero-order chi connectivity index (χ0) is 17.6. The summed E-state index contributed by atoms with van der Waals surface area (Å²) in [5.41, 5.74) is 6.19. The third-order valence-corrected chi connectivity index (χ3v) is 5.18. The monoisotopic (exact) mass is 351 g/mol. The lowest BCUT2D eigenvalue weighted by Crippen LogP contribution is -2.00. The molecule has 0 bridgehead atoms. The molecule has 2 aromatic heterocycles. The lowest BCUT2D eigenvalue weighted by atomic mass is 10.1. The largest absolute Gasteiger partial charge is 0.508 e. The van der Waals surface area contributed by atoms with Gasteiger partial charge in [-0.05, 0) is 43.7 Å². The van der Waals surface area contributed by atoms with Gasteiger partial charge in [0.2, 0.25) is 0 Å². The van der Waals surface area contributed by atoms with Gasteiger partial charge < -0.3 is 9.84 Å². The van der Waals surface area contributed by atoms with E-state index < -0.39 is 0 Å². The summed E-state index contributed by atoms with van der Waals surface area (Å²) in [6.45, 7) is 4.34. The second-order valence-corrected chi connectivity index (χ2v) is 7.02. The van der Waals surface area contributed by atoms with E-state index in [1.165, 1.54) is 0 Å². The summed E-state index contributed by atoms with van der Waals surface area (Å²) >= 11 is 1.55. The van der Waals surface area contributed by atoms with Crippen molar-refractivity contribution >= 4 is 32.6 Å². The number of aromatic hydroxyl groups is 1. The molecule has 25 heavy (non-hydrogen) atoms. The number of methoxy groups -OCH3 is 1. The van der Waals surface area contributed by atoms with Gasteiger partial charge in [-0.15, -0.1) is 11.3 Å². The number of aromatic nitrogens is 3. The van der Waals surface area contributed by atoms with Gasteiger partial charge in [-0.2, -0.15) is 0 Å². The third kappa shape index (κ3) is 2.73. The number of nitrogens with zero attached hydrogens (tertiary/aromatic N) is 3. The predicted octanol–water partition coefficient (Wildman–Crippen LogP) is 4.38. The van der Waals surface area contributed by atoms with Gasteiger partial charge in [0.15, 0.2) is 0 Å². The fraction of sp³-hybridized carbons (Fsp3) is 0.211. The zero-order valence-corrected chi connectivity index (χ0v) is 15.0. The summed E-state index contributed by atoms with van der Waals surface area (Å²) in [6, 6.07) is 9.42. The Morgan fingerprint density at radius 1 is 1.08 bits per heavy atom. The molecule has 0 saturated heterocycles. The first-order valence-electron chi connectivity index (χ1n) is 7.92. The van der Waals surface area contributed by atoms with Crippen molar-refractivity contribution in [1.82, 2.24) is 15.0 Å². The highest BCUT2D eigenvalue weighted by atomic mass is 32.1. The number of fused-ring (bicyclic) bond motifs is 2. The number of benzene rings is 2. The Morgan fingerprint density at radius 3 is 2.72 bits per heavy atom. The van der Waals surface area contributed by atoms with Crippen molar-refractivity contribution in [2.45, 2.75) is 20.5 Å². The van der Waals surface area contributed by atoms with E-state index >= 15 is 0 Å². The third-order valence-electron chi connectivity index (χ3n) is 4.15. The number of hydrogen-bond donors (Lipinski definition) is 1. The van der Waals surface area contributed by atoms with Crippen LogP contribution in [-0.4, -0.2) is 27.2 Å². The van der Waals surface area contributed by atoms with Crippen LogP contribution >= 0.6 is 11.3 Å². The first kappa shape index (κ1) is 15.9. The minimum Gasteiger partial charge on any atom is -0.508 e. The van der Waals surface area contributed by atoms with Gasteiger partial charge >= 0.3 is 0 Å². The molecule has 0 atom stereocenters. The van der Waals surface area contributed by atoms with Crippen LogP contribution in [0.1, 0.15) is 17.0 Å². The second-order valence-electron chi connectivity index (χ2n) is 5.99. The maximum atomic E-state index is 9.82. The van der Waals surface area contributed by atoms with E-state index in [0.29, 0.717) is 6.61 Å². The van der Waals surface area contributed by atoms with Crippen LogP contribution in [0.25, 0.3) is 31.8 Å². The Hall–Kier alpha value is -2.57. The van der Waals surface area contributed by atoms with Gasteiger partial charge in [0, 0.05) is 12.7 Å². The molecular weight excluding hydrogens is 334 g/mol. The highest BCUT2D eigenvalue weighted by Gasteiger charge is 2.14. The first-order valence-corrected chi connectivity index (χ1v) is 8.74. The molecule has 4 rings (SSSR count). The number of para-hydroxylation sites is 1. The molecule has 0 unspecified atom stereocenters. The van der Waals surface area contributed by atoms with Gasteiger partial charge in [-0.1, -0.05) is 6.07 Å². The van der Waals surface area contributed by atoms with E-state index in [9.17, 15) is 5.11 Å². The van der Waals surface area contributed by atoms with E-state index in [-0.39, 0.29) is 5.75 Å². The van der Waals surface area contributed by atoms with Crippen molar-refractivity contribution in [3.05, 3.63) is 47.3 Å². The molecule has 2 aromatic carbocycles. The van der Waals surface area contributed by atoms with Crippen LogP contribution in [0, 0.1) is 13.8 Å². The summed E-state index contributed by atoms with van der Waals surface area (Å²) in [5.74, 6) is 0.262. The highest BCUT2D eigenvalue weighted by Crippen LogP contribution is 2.36. The molecule has 0 fully saturated rings. The summed E-state index contributed by atoms with van der Waals surface area (Å²) < 4.78 is 6.16. The molecule has 4 aromatic rings. The number of hydrogen-bond acceptors (Lipinski definition) is 6. The van der Waals surface area contributed by atoms with Crippen molar-refractivity contribution in [2.75, 3.05) is 7.11 Å². The number of phenols is 1. The van der Waals surface area contributed by atoms with Crippen LogP contribution in [0.5, 0.6) is 5.75 Å². The molecule has 0 spiro atoms. The summed E-state index contributed by atoms with van der Waals surface area (Å²) in [4.78, 5) is 14.2. The Morgan fingerprint density at radius 2 is 1.92 bits per heavy atom. The number of phenolic OH excluding ortho intramolecular Hbond substituents is 1. The smallest absolute Gasteiger partial charge is 0.126 e. The van der Waals surface area contributed by atoms with E-state index in [1.807, 2.05) is 32.0 Å². The van der Waals surface area contributed by atoms with E-state index in [2.05, 4.69) is 4.98 Å². The molecule has 0 radical (unpaired) electrons. The van der Waals surface area contributed by atoms with Crippen molar-refractivity contribution < 1.29 is 9.84 Å². The van der Waals surface area contributed by atoms with Gasteiger partial charge in [0.05, 0.1) is 39.2 Å². The zero-order valence-electron chi connectivity index (χ0n) is 14.2. The number of rotatable bonds is 3. The fourth-order valence-electron chi connectivity index (χ4n) is 2.94. The van der Waals surface area contributed by atoms with Gasteiger partial charge in [0.1, 0.15) is 10.8 Å². The van der Waals surface area contributed by atoms with Crippen LogP contribution < -0.4 is 0 Å². The predicted molar refractivity (Wildman–Crippen MR) is 100 cm³/mol. The number of thiazole rings is 1. The molecule has 0 saturated carbocycles. The topological polar surface area (TPSA) is 68.1 Å². The normalized spacial score (nSPS) is 11.5. The number of aryl methyl sites for hydroxylation is 2. The first-order chi connectivity index (χ1) is 12.1. The number of ether oxygens (including phenoxy) is 1. The van der Waals surface area contributed by atoms with Crippen LogP contribution in [0.3, 0.4) is 0 Å². The standard InChI is InChI=1S/C19H17N3O2S/c1-10-7-12(23)8-16-17(10)22-19(25-16)13-5-4-6-14-18(13)20-11(2)15(21-14)9-24-3/h4-8,23H,9H2,1-3H3. The van der Waals surface area contributed by atoms with Crippen LogP contribution in [0.15, 0.2) is 30.3 Å². The maximum absolute atomic E-state index is 9.82. The Kier molecular flexibility index (Phi) is 3.86. The molecule has 0 aliphatic carbocycles. The molecular formula is C19H17N3O2S. The summed E-state index contributed by atoms with van der Waals surface area (Å²) in [7, 11) is 1.65. The minimum absolute atomic E-state index is 0.262. The van der Waals surface area contributed by atoms with E-state index in [1.54, 1.807) is 30.6 Å². The van der Waals surface area contributed by atoms with Crippen LogP contribution in [0.2, 0.25) is 0 Å². The van der Waals surface area contributed by atoms with Crippen molar-refractivity contribution in [3.8, 4) is 16.3 Å². The van der Waals surface area contributed by atoms with Crippen LogP contribution in [-0.2, 0) is 11.3 Å². The van der Waals surface area contributed by atoms with Crippen molar-refractivity contribution in [2.24, 2.45) is 0 Å². The molecule has 0 aliphatic rings. The summed E-state index contributed by atoms with van der Waals surface area (Å²) in [5, 5.41) is 10.7. The van der Waals surface area contributed by atoms with Crippen molar-refractivity contribution in [1.29, 1.82) is 0 Å². The Labute approximate surface area is 149 Å². The van der Waals surface area contributed by atoms with Gasteiger partial charge in [-0.3, -0.25) is 0 Å². The van der Waals surface area contributed by atoms with E-state index in [4.69, 9.17) is 14.7 Å². The Balaban J connectivity index is 1.95. The average molecular weight is 351 g/mol. The molecule has 2 heterocycles. The summed E-state index contributed by atoms with van der Waals surface area (Å²) in [6.07, 6.45) is 0. The second kappa shape index (κ2) is 6.06. The average Bonchev–Trinajstić information content (AvgIpc) is 2.99.